The number of fused-ring (bicyclic) bond motifs is 1. The minimum absolute atomic E-state index is 0.763. The molecule has 1 aliphatic carbocycles. The average molecular weight is 203 g/mol. The molecular formula is C14H21N. The second-order valence-corrected chi connectivity index (χ2v) is 4.99. The minimum atomic E-state index is 0.763. The van der Waals surface area contributed by atoms with Gasteiger partial charge in [0.1, 0.15) is 0 Å². The van der Waals surface area contributed by atoms with E-state index in [1.54, 1.807) is 11.1 Å². The summed E-state index contributed by atoms with van der Waals surface area (Å²) in [6.07, 6.45) is 2.59. The van der Waals surface area contributed by atoms with E-state index in [1.807, 2.05) is 0 Å². The highest BCUT2D eigenvalue weighted by atomic mass is 14.8. The van der Waals surface area contributed by atoms with Crippen molar-refractivity contribution >= 4 is 0 Å². The van der Waals surface area contributed by atoms with Gasteiger partial charge in [-0.1, -0.05) is 38.1 Å². The quantitative estimate of drug-likeness (QED) is 0.725. The summed E-state index contributed by atoms with van der Waals surface area (Å²) >= 11 is 0. The van der Waals surface area contributed by atoms with Gasteiger partial charge in [0.15, 0.2) is 0 Å². The molecule has 1 atom stereocenters. The Labute approximate surface area is 92.9 Å². The molecule has 0 fully saturated rings. The van der Waals surface area contributed by atoms with Crippen LogP contribution in [0.3, 0.4) is 0 Å². The van der Waals surface area contributed by atoms with E-state index in [-0.39, 0.29) is 0 Å². The van der Waals surface area contributed by atoms with E-state index >= 15 is 0 Å². The first kappa shape index (κ1) is 10.7. The Morgan fingerprint density at radius 2 is 2.13 bits per heavy atom. The monoisotopic (exact) mass is 203 g/mol. The standard InChI is InChI=1S/C14H21N/c1-11(2)10-15-8-7-13-9-12-5-3-4-6-14(12)13/h3-6,11,13,15H,7-10H2,1-2H3. The molecule has 15 heavy (non-hydrogen) atoms. The normalized spacial score (nSPS) is 18.7. The molecule has 82 valence electrons. The van der Waals surface area contributed by atoms with Crippen LogP contribution in [0.2, 0.25) is 0 Å². The van der Waals surface area contributed by atoms with Crippen molar-refractivity contribution in [3.63, 3.8) is 0 Å². The molecule has 0 amide bonds. The summed E-state index contributed by atoms with van der Waals surface area (Å²) in [7, 11) is 0. The van der Waals surface area contributed by atoms with Crippen molar-refractivity contribution in [1.82, 2.24) is 5.32 Å². The second kappa shape index (κ2) is 4.80. The summed E-state index contributed by atoms with van der Waals surface area (Å²) in [5.74, 6) is 1.58. The predicted octanol–water partition coefficient (Wildman–Crippen LogP) is 2.96. The number of hydrogen-bond acceptors (Lipinski definition) is 1. The van der Waals surface area contributed by atoms with Crippen molar-refractivity contribution in [3.8, 4) is 0 Å². The summed E-state index contributed by atoms with van der Waals surface area (Å²) in [6.45, 7) is 6.82. The first-order chi connectivity index (χ1) is 7.27. The van der Waals surface area contributed by atoms with Gasteiger partial charge in [-0.2, -0.15) is 0 Å². The maximum atomic E-state index is 3.51. The largest absolute Gasteiger partial charge is 0.316 e. The molecule has 1 aromatic carbocycles. The summed E-state index contributed by atoms with van der Waals surface area (Å²) in [5, 5.41) is 3.51. The molecule has 1 N–H and O–H groups in total. The van der Waals surface area contributed by atoms with E-state index in [0.717, 1.165) is 24.9 Å². The van der Waals surface area contributed by atoms with Crippen LogP contribution in [-0.2, 0) is 6.42 Å². The molecule has 0 heterocycles. The highest BCUT2D eigenvalue weighted by Gasteiger charge is 2.24. The average Bonchev–Trinajstić information content (AvgIpc) is 2.18. The minimum Gasteiger partial charge on any atom is -0.316 e. The maximum Gasteiger partial charge on any atom is -0.00258 e. The Morgan fingerprint density at radius 3 is 2.87 bits per heavy atom. The van der Waals surface area contributed by atoms with Crippen molar-refractivity contribution in [1.29, 1.82) is 0 Å². The Balaban J connectivity index is 1.71. The lowest BCUT2D eigenvalue weighted by molar-refractivity contribution is 0.492. The highest BCUT2D eigenvalue weighted by Crippen LogP contribution is 2.36. The van der Waals surface area contributed by atoms with Crippen molar-refractivity contribution in [2.24, 2.45) is 5.92 Å². The SMILES string of the molecule is CC(C)CNCCC1Cc2ccccc21. The van der Waals surface area contributed by atoms with Crippen LogP contribution in [-0.4, -0.2) is 13.1 Å². The van der Waals surface area contributed by atoms with Gasteiger partial charge in [-0.25, -0.2) is 0 Å². The Kier molecular flexibility index (Phi) is 3.42. The zero-order valence-electron chi connectivity index (χ0n) is 9.79. The van der Waals surface area contributed by atoms with Crippen molar-refractivity contribution in [2.75, 3.05) is 13.1 Å². The lowest BCUT2D eigenvalue weighted by Crippen LogP contribution is -2.25. The Hall–Kier alpha value is -0.820. The van der Waals surface area contributed by atoms with E-state index < -0.39 is 0 Å². The summed E-state index contributed by atoms with van der Waals surface area (Å²) in [4.78, 5) is 0. The number of rotatable bonds is 5. The fraction of sp³-hybridized carbons (Fsp3) is 0.571. The molecule has 1 aromatic rings. The lowest BCUT2D eigenvalue weighted by Gasteiger charge is -2.30. The zero-order chi connectivity index (χ0) is 10.7. The fourth-order valence-electron chi connectivity index (χ4n) is 2.29. The van der Waals surface area contributed by atoms with Gasteiger partial charge in [0.2, 0.25) is 0 Å². The second-order valence-electron chi connectivity index (χ2n) is 4.99. The molecule has 0 aliphatic heterocycles. The first-order valence-corrected chi connectivity index (χ1v) is 6.06. The molecule has 2 rings (SSSR count). The number of hydrogen-bond donors (Lipinski definition) is 1. The fourth-order valence-corrected chi connectivity index (χ4v) is 2.29. The Bertz CT molecular complexity index is 317. The molecule has 1 heteroatoms. The third-order valence-electron chi connectivity index (χ3n) is 3.18. The van der Waals surface area contributed by atoms with Gasteiger partial charge in [-0.3, -0.25) is 0 Å². The highest BCUT2D eigenvalue weighted by molar-refractivity contribution is 5.39. The number of nitrogens with one attached hydrogen (secondary N) is 1. The summed E-state index contributed by atoms with van der Waals surface area (Å²) < 4.78 is 0. The molecular weight excluding hydrogens is 182 g/mol. The molecule has 0 aromatic heterocycles. The molecule has 0 bridgehead atoms. The van der Waals surface area contributed by atoms with Crippen LogP contribution in [0.15, 0.2) is 24.3 Å². The van der Waals surface area contributed by atoms with Crippen LogP contribution < -0.4 is 5.32 Å². The molecule has 1 aliphatic rings. The first-order valence-electron chi connectivity index (χ1n) is 6.06. The van der Waals surface area contributed by atoms with Gasteiger partial charge in [0, 0.05) is 0 Å². The van der Waals surface area contributed by atoms with E-state index in [0.29, 0.717) is 0 Å². The van der Waals surface area contributed by atoms with Crippen LogP contribution in [0.4, 0.5) is 0 Å². The van der Waals surface area contributed by atoms with Gasteiger partial charge in [0.05, 0.1) is 0 Å². The van der Waals surface area contributed by atoms with Gasteiger partial charge in [-0.15, -0.1) is 0 Å². The van der Waals surface area contributed by atoms with Crippen LogP contribution >= 0.6 is 0 Å². The Morgan fingerprint density at radius 1 is 1.33 bits per heavy atom. The molecule has 1 nitrogen and oxygen atoms in total. The van der Waals surface area contributed by atoms with E-state index in [1.165, 1.54) is 12.8 Å². The van der Waals surface area contributed by atoms with E-state index in [2.05, 4.69) is 43.4 Å². The molecule has 1 unspecified atom stereocenters. The third-order valence-corrected chi connectivity index (χ3v) is 3.18. The maximum absolute atomic E-state index is 3.51. The van der Waals surface area contributed by atoms with Crippen molar-refractivity contribution in [2.45, 2.75) is 32.6 Å². The van der Waals surface area contributed by atoms with Crippen LogP contribution in [0.5, 0.6) is 0 Å². The molecule has 0 saturated heterocycles. The van der Waals surface area contributed by atoms with Crippen molar-refractivity contribution < 1.29 is 0 Å². The van der Waals surface area contributed by atoms with Gasteiger partial charge in [0.25, 0.3) is 0 Å². The van der Waals surface area contributed by atoms with Crippen molar-refractivity contribution in [3.05, 3.63) is 35.4 Å². The van der Waals surface area contributed by atoms with E-state index in [9.17, 15) is 0 Å². The van der Waals surface area contributed by atoms with Crippen LogP contribution in [0.1, 0.15) is 37.3 Å². The summed E-state index contributed by atoms with van der Waals surface area (Å²) in [6, 6.07) is 8.85. The molecule has 0 saturated carbocycles. The summed E-state index contributed by atoms with van der Waals surface area (Å²) in [5.41, 5.74) is 3.15. The topological polar surface area (TPSA) is 12.0 Å². The predicted molar refractivity (Wildman–Crippen MR) is 65.2 cm³/mol. The van der Waals surface area contributed by atoms with E-state index in [4.69, 9.17) is 0 Å². The third kappa shape index (κ3) is 2.60. The lowest BCUT2D eigenvalue weighted by atomic mass is 9.76. The van der Waals surface area contributed by atoms with Gasteiger partial charge >= 0.3 is 0 Å². The van der Waals surface area contributed by atoms with Gasteiger partial charge in [-0.05, 0) is 48.9 Å². The number of benzene rings is 1. The van der Waals surface area contributed by atoms with Crippen LogP contribution in [0.25, 0.3) is 0 Å². The molecule has 0 spiro atoms. The molecule has 0 radical (unpaired) electrons. The zero-order valence-corrected chi connectivity index (χ0v) is 9.79. The van der Waals surface area contributed by atoms with Crippen LogP contribution in [0, 0.1) is 5.92 Å². The smallest absolute Gasteiger partial charge is 0.00258 e. The van der Waals surface area contributed by atoms with Gasteiger partial charge < -0.3 is 5.32 Å².